The smallest absolute Gasteiger partial charge is 0.328 e. The van der Waals surface area contributed by atoms with Crippen LogP contribution >= 0.6 is 0 Å². The number of β-amino-alcohol motifs (C(OH)–C–C–N with tert-alkyl or cyclic N) is 1. The van der Waals surface area contributed by atoms with E-state index in [0.29, 0.717) is 106 Å². The minimum Gasteiger partial charge on any atom is -0.468 e. The van der Waals surface area contributed by atoms with E-state index in [-0.39, 0.29) is 65.2 Å². The van der Waals surface area contributed by atoms with E-state index in [2.05, 4.69) is 68.1 Å². The van der Waals surface area contributed by atoms with Gasteiger partial charge < -0.3 is 38.9 Å². The molecule has 2 aromatic heterocycles. The average molecular weight is 1220 g/mol. The Labute approximate surface area is 519 Å². The Bertz CT molecular complexity index is 3460. The van der Waals surface area contributed by atoms with Crippen molar-refractivity contribution < 1.29 is 42.5 Å². The van der Waals surface area contributed by atoms with Crippen molar-refractivity contribution >= 4 is 59.1 Å². The number of benzene rings is 3. The number of piperidine rings is 2. The second-order valence-corrected chi connectivity index (χ2v) is 33.4. The molecular weight excluding hydrogens is 1130 g/mol. The predicted molar refractivity (Wildman–Crippen MR) is 344 cm³/mol. The van der Waals surface area contributed by atoms with Gasteiger partial charge in [-0.2, -0.15) is 9.97 Å². The number of hydrogen-bond acceptors (Lipinski definition) is 13. The van der Waals surface area contributed by atoms with Gasteiger partial charge in [0.25, 0.3) is 5.91 Å². The zero-order valence-corrected chi connectivity index (χ0v) is 54.3. The number of piperazine rings is 1. The number of methoxy groups -OCH3 is 1. The number of carbonyl (C=O) groups is 3. The second kappa shape index (κ2) is 25.9. The molecule has 472 valence electrons. The fraction of sp³-hybridized carbons (Fsp3) is 0.594. The zero-order chi connectivity index (χ0) is 62.3. The molecule has 1 atom stereocenters. The van der Waals surface area contributed by atoms with Crippen LogP contribution < -0.4 is 24.6 Å². The molecule has 11 rings (SSSR count). The van der Waals surface area contributed by atoms with Gasteiger partial charge in [-0.1, -0.05) is 66.5 Å². The number of carbonyl (C=O) groups excluding carboxylic acids is 3. The molecule has 2 aliphatic carbocycles. The topological polar surface area (TPSA) is 166 Å². The van der Waals surface area contributed by atoms with Crippen LogP contribution in [0.4, 0.5) is 25.1 Å². The summed E-state index contributed by atoms with van der Waals surface area (Å²) in [5.41, 5.74) is 6.56. The first-order valence-electron chi connectivity index (χ1n) is 32.5. The largest absolute Gasteiger partial charge is 0.468 e. The number of nitrogens with one attached hydrogen (secondary N) is 1. The molecule has 5 aromatic rings. The van der Waals surface area contributed by atoms with Crippen LogP contribution in [-0.4, -0.2) is 159 Å². The highest BCUT2D eigenvalue weighted by atomic mass is 28.3. The van der Waals surface area contributed by atoms with Crippen molar-refractivity contribution in [3.63, 3.8) is 0 Å². The van der Waals surface area contributed by atoms with Gasteiger partial charge in [0, 0.05) is 119 Å². The Morgan fingerprint density at radius 2 is 1.57 bits per heavy atom. The number of urea groups is 1. The van der Waals surface area contributed by atoms with E-state index in [1.54, 1.807) is 29.3 Å². The van der Waals surface area contributed by atoms with Crippen molar-refractivity contribution in [3.8, 4) is 34.5 Å². The molecule has 4 aliphatic heterocycles. The molecule has 1 spiro atoms. The fourth-order valence-corrected chi connectivity index (χ4v) is 20.8. The van der Waals surface area contributed by atoms with Gasteiger partial charge in [-0.3, -0.25) is 24.8 Å². The van der Waals surface area contributed by atoms with E-state index in [1.165, 1.54) is 38.9 Å². The van der Waals surface area contributed by atoms with Crippen LogP contribution in [0.15, 0.2) is 48.7 Å². The summed E-state index contributed by atoms with van der Waals surface area (Å²) in [4.78, 5) is 64.0. The van der Waals surface area contributed by atoms with Crippen LogP contribution in [0.1, 0.15) is 148 Å². The summed E-state index contributed by atoms with van der Waals surface area (Å²) < 4.78 is 52.4. The Morgan fingerprint density at radius 1 is 0.852 bits per heavy atom. The molecule has 19 heteroatoms. The highest BCUT2D eigenvalue weighted by Crippen LogP contribution is 2.49. The number of fused-ring (bicyclic) bond motifs is 2. The number of pyridine rings is 1. The van der Waals surface area contributed by atoms with Gasteiger partial charge in [-0.15, -0.1) is 5.54 Å². The van der Waals surface area contributed by atoms with Crippen molar-refractivity contribution in [2.75, 3.05) is 102 Å². The Morgan fingerprint density at radius 3 is 2.23 bits per heavy atom. The van der Waals surface area contributed by atoms with E-state index in [0.717, 1.165) is 83.6 Å². The minimum atomic E-state index is -2.33. The number of ether oxygens (including phenoxy) is 3. The Balaban J connectivity index is 0.751. The first-order chi connectivity index (χ1) is 42.1. The number of hydrogen-bond donors (Lipinski definition) is 2. The fourth-order valence-electron chi connectivity index (χ4n) is 15.5. The van der Waals surface area contributed by atoms with Crippen molar-refractivity contribution in [3.05, 3.63) is 77.0 Å². The zero-order valence-electron chi connectivity index (χ0n) is 53.3. The van der Waals surface area contributed by atoms with Gasteiger partial charge in [0.1, 0.15) is 36.7 Å². The van der Waals surface area contributed by atoms with Gasteiger partial charge in [0.05, 0.1) is 23.2 Å². The molecular formula is C69H91F2N9O7Si. The van der Waals surface area contributed by atoms with Crippen LogP contribution in [-0.2, 0) is 16.0 Å². The number of nitrogens with zero attached hydrogens (tertiary/aromatic N) is 8. The van der Waals surface area contributed by atoms with Crippen molar-refractivity contribution in [1.29, 1.82) is 0 Å². The molecule has 6 heterocycles. The SMILES string of the molecule is CCc1ccc(C(=O)N2CCC3(CCC(CN4CCN(CC5(COc6nc(N7CCC[C@@](C)(O)C7)c7cnc(-c8cc(OCOC)cc9ccc(F)c(C#C[Si](C(C)C)(C(C)C)C(C)C)c89)c(F)c7n6)CC5)CC4)CC3)CC2)cc1N1CCC(=O)NC1=O. The number of amides is 4. The normalized spacial score (nSPS) is 21.2. The third kappa shape index (κ3) is 13.2. The molecule has 16 nitrogen and oxygen atoms in total. The summed E-state index contributed by atoms with van der Waals surface area (Å²) >= 11 is 0. The number of halogens is 2. The Kier molecular flexibility index (Phi) is 18.6. The highest BCUT2D eigenvalue weighted by molar-refractivity contribution is 6.90. The second-order valence-electron chi connectivity index (χ2n) is 27.8. The maximum absolute atomic E-state index is 18.0. The molecule has 4 saturated heterocycles. The summed E-state index contributed by atoms with van der Waals surface area (Å²) in [6.07, 6.45) is 12.7. The highest BCUT2D eigenvalue weighted by Gasteiger charge is 2.47. The number of aryl methyl sites for hydroxylation is 1. The third-order valence-corrected chi connectivity index (χ3v) is 27.2. The lowest BCUT2D eigenvalue weighted by Crippen LogP contribution is -2.50. The number of rotatable bonds is 18. The number of aromatic nitrogens is 3. The summed E-state index contributed by atoms with van der Waals surface area (Å²) in [5, 5.41) is 15.2. The van der Waals surface area contributed by atoms with Gasteiger partial charge in [0.2, 0.25) is 5.91 Å². The van der Waals surface area contributed by atoms with Crippen molar-refractivity contribution in [2.45, 2.75) is 155 Å². The van der Waals surface area contributed by atoms with E-state index >= 15 is 8.78 Å². The Hall–Kier alpha value is -6.30. The molecule has 88 heavy (non-hydrogen) atoms. The van der Waals surface area contributed by atoms with Crippen LogP contribution in [0.5, 0.6) is 11.8 Å². The molecule has 6 aliphatic rings. The molecule has 6 fully saturated rings. The average Bonchev–Trinajstić information content (AvgIpc) is 2.55. The maximum atomic E-state index is 18.0. The number of anilines is 2. The first-order valence-corrected chi connectivity index (χ1v) is 34.7. The molecule has 0 bridgehead atoms. The maximum Gasteiger partial charge on any atom is 0.328 e. The third-order valence-electron chi connectivity index (χ3n) is 20.9. The van der Waals surface area contributed by atoms with E-state index in [9.17, 15) is 19.5 Å². The van der Waals surface area contributed by atoms with Crippen LogP contribution in [0.25, 0.3) is 32.9 Å². The van der Waals surface area contributed by atoms with Crippen molar-refractivity contribution in [2.24, 2.45) is 16.7 Å². The standard InChI is InChI=1S/C69H91F2N9O7Si/c1-10-49-12-13-51(37-57(49)80-28-18-58(81)73-66(80)83)64(82)78-29-25-68(26-30-78)21-16-48(17-22-68)40-76-31-33-77(34-32-76)42-69(23-24-69)43-86-65-74-62-55(63(75-65)79-27-11-20-67(8,84)41-79)39-72-61(60(62)71)54-38-52(87-44-85-9)36-50-14-15-56(70)53(59(50)54)19-35-88(45(2)3,46(4)5)47(6)7/h12-15,36-39,45-48,84H,10-11,16-18,20-34,40-44H2,1-9H3,(H,73,81,83)/t67-/m1/s1. The summed E-state index contributed by atoms with van der Waals surface area (Å²) in [5.74, 6) is 3.38. The lowest BCUT2D eigenvalue weighted by Gasteiger charge is -2.47. The summed E-state index contributed by atoms with van der Waals surface area (Å²) in [7, 11) is -0.803. The quantitative estimate of drug-likeness (QED) is 0.0484. The number of aliphatic hydroxyl groups is 1. The lowest BCUT2D eigenvalue weighted by molar-refractivity contribution is -0.120. The van der Waals surface area contributed by atoms with Gasteiger partial charge in [-0.25, -0.2) is 13.6 Å². The van der Waals surface area contributed by atoms with Gasteiger partial charge in [0.15, 0.2) is 12.6 Å². The predicted octanol–water partition coefficient (Wildman–Crippen LogP) is 11.9. The minimum absolute atomic E-state index is 0.00331. The molecule has 2 saturated carbocycles. The molecule has 4 amide bonds. The van der Waals surface area contributed by atoms with Crippen LogP contribution in [0.3, 0.4) is 0 Å². The van der Waals surface area contributed by atoms with Gasteiger partial charge in [-0.05, 0) is 147 Å². The molecule has 0 radical (unpaired) electrons. The number of imide groups is 1. The van der Waals surface area contributed by atoms with Crippen LogP contribution in [0, 0.1) is 39.8 Å². The van der Waals surface area contributed by atoms with Crippen molar-refractivity contribution in [1.82, 2.24) is 35.0 Å². The number of likely N-dealkylation sites (tertiary alicyclic amines) is 1. The molecule has 3 aromatic carbocycles. The monoisotopic (exact) mass is 1220 g/mol. The van der Waals surface area contributed by atoms with E-state index in [4.69, 9.17) is 29.2 Å². The van der Waals surface area contributed by atoms with Gasteiger partial charge >= 0.3 is 12.0 Å². The van der Waals surface area contributed by atoms with Crippen LogP contribution in [0.2, 0.25) is 16.6 Å². The van der Waals surface area contributed by atoms with E-state index in [1.807, 2.05) is 41.8 Å². The summed E-state index contributed by atoms with van der Waals surface area (Å²) in [6, 6.07) is 11.8. The summed E-state index contributed by atoms with van der Waals surface area (Å²) in [6.45, 7) is 26.1. The molecule has 0 unspecified atom stereocenters. The first kappa shape index (κ1) is 63.3. The lowest BCUT2D eigenvalue weighted by atomic mass is 9.65. The molecule has 2 N–H and O–H groups in total. The van der Waals surface area contributed by atoms with E-state index < -0.39 is 31.3 Å².